The minimum Gasteiger partial charge on any atom is -0.495 e. The minimum atomic E-state index is -1.90. The standard InChI is InChI=1S/C63H89Br2ClN10O16/c1-36(2)54(70-42(35-77)15-10-11-20-68-55(79)41(33-64)34-65)57(81)72-45(16-13-21-69-60(67)84)56(80)71-44-19-18-40(29-46(44)76-22-24-89-25-23-76)58(82)74(6)38(4)59(83)91-50-31-52(78)75(7)47-27-39(28-48(87-8)53(47)66)26-37(3)14-12-17-49(88-9)63(86)32-43(90-61(85)73-63)30-51-62(50,5)92-51/h12,14,17-19,27-29,35-36,38,41-43,45,49-51,54,70,86H,10-11,13,15-16,20-26,30-34H2,1-9H3,(H,68,79)(H,71,80)(H,72,81)(H,73,85)(H3,67,69,84)/b17-12+,37-14+/t38-,42?,43+,45-,49+,50-,51-,54-,62-,63-/m0/s1. The number of rotatable bonds is 27. The number of aldehydes is 1. The third kappa shape index (κ3) is 20.1. The number of nitrogens with one attached hydrogen (secondary N) is 6. The number of hydrogen-bond donors (Lipinski definition) is 8. The molecule has 3 fully saturated rings. The summed E-state index contributed by atoms with van der Waals surface area (Å²) < 4.78 is 35.2. The molecule has 4 bridgehead atoms. The van der Waals surface area contributed by atoms with Gasteiger partial charge in [0.05, 0.1) is 67.9 Å². The Morgan fingerprint density at radius 1 is 0.967 bits per heavy atom. The molecule has 2 aromatic carbocycles. The Bertz CT molecular complexity index is 3020. The van der Waals surface area contributed by atoms with Crippen LogP contribution in [0.1, 0.15) is 102 Å². The fraction of sp³-hybridized carbons (Fsp3) is 0.603. The van der Waals surface area contributed by atoms with E-state index in [1.165, 1.54) is 51.1 Å². The maximum atomic E-state index is 14.7. The molecule has 3 saturated heterocycles. The van der Waals surface area contributed by atoms with Gasteiger partial charge in [0.1, 0.15) is 53.1 Å². The summed E-state index contributed by atoms with van der Waals surface area (Å²) in [6.07, 6.45) is 2.67. The molecule has 1 unspecified atom stereocenters. The number of nitrogens with two attached hydrogens (primary N) is 1. The maximum Gasteiger partial charge on any atom is 0.409 e. The molecule has 6 rings (SSSR count). The van der Waals surface area contributed by atoms with Crippen molar-refractivity contribution in [3.63, 3.8) is 0 Å². The predicted molar refractivity (Wildman–Crippen MR) is 352 cm³/mol. The number of carbonyl (C=O) groups excluding carboxylic acids is 9. The van der Waals surface area contributed by atoms with Gasteiger partial charge < -0.3 is 80.0 Å². The number of halogens is 3. The van der Waals surface area contributed by atoms with Gasteiger partial charge in [0.15, 0.2) is 5.72 Å². The SMILES string of the molecule is COc1cc2cc(c1Cl)N(C)C(=O)C[C@H](OC(=O)[C@H](C)N(C)C(=O)c1ccc(NC(=O)[C@H](CCCNC(N)=O)NC(=O)[C@@H](NC(C=O)CCCCNC(=O)C(CBr)CBr)C(C)C)c(N3CCOCC3)c1)[C@]1(C)O[C@H]1C[C@@H]1C[C@@](O)(NC(=O)O1)[C@H](OC)/C=C/C=C(\C)C2. The zero-order valence-corrected chi connectivity index (χ0v) is 57.5. The summed E-state index contributed by atoms with van der Waals surface area (Å²) in [5, 5.41) is 29.9. The van der Waals surface area contributed by atoms with E-state index in [4.69, 9.17) is 45.8 Å². The molecule has 508 valence electrons. The van der Waals surface area contributed by atoms with Crippen molar-refractivity contribution < 1.29 is 76.7 Å². The van der Waals surface area contributed by atoms with E-state index in [9.17, 15) is 48.3 Å². The summed E-state index contributed by atoms with van der Waals surface area (Å²) in [7, 11) is 5.81. The molecule has 0 radical (unpaired) electrons. The van der Waals surface area contributed by atoms with Gasteiger partial charge in [-0.25, -0.2) is 14.4 Å². The number of hydrogen-bond acceptors (Lipinski definition) is 18. The molecule has 4 aliphatic rings. The smallest absolute Gasteiger partial charge is 0.409 e. The Morgan fingerprint density at radius 3 is 2.33 bits per heavy atom. The second-order valence-electron chi connectivity index (χ2n) is 24.1. The van der Waals surface area contributed by atoms with Crippen LogP contribution in [-0.4, -0.2) is 202 Å². The number of carbonyl (C=O) groups is 9. The number of methoxy groups -OCH3 is 2. The molecule has 4 heterocycles. The number of benzene rings is 2. The van der Waals surface area contributed by atoms with Gasteiger partial charge in [-0.3, -0.25) is 34.6 Å². The Labute approximate surface area is 559 Å². The molecule has 92 heavy (non-hydrogen) atoms. The maximum absolute atomic E-state index is 14.7. The van der Waals surface area contributed by atoms with Gasteiger partial charge in [-0.05, 0) is 101 Å². The van der Waals surface area contributed by atoms with Crippen molar-refractivity contribution in [2.75, 3.05) is 93.5 Å². The Balaban J connectivity index is 1.22. The quantitative estimate of drug-likeness (QED) is 0.0188. The van der Waals surface area contributed by atoms with Crippen LogP contribution in [0.5, 0.6) is 5.75 Å². The van der Waals surface area contributed by atoms with Crippen molar-refractivity contribution >= 4 is 114 Å². The van der Waals surface area contributed by atoms with Crippen molar-refractivity contribution in [3.8, 4) is 5.75 Å². The Morgan fingerprint density at radius 2 is 1.67 bits per heavy atom. The first-order chi connectivity index (χ1) is 43.7. The van der Waals surface area contributed by atoms with Crippen LogP contribution in [0, 0.1) is 11.8 Å². The fourth-order valence-electron chi connectivity index (χ4n) is 11.2. The normalized spacial score (nSPS) is 24.0. The first-order valence-corrected chi connectivity index (χ1v) is 33.4. The first-order valence-electron chi connectivity index (χ1n) is 30.8. The van der Waals surface area contributed by atoms with Crippen molar-refractivity contribution in [3.05, 3.63) is 70.3 Å². The van der Waals surface area contributed by atoms with Crippen LogP contribution in [0.25, 0.3) is 0 Å². The number of unbranched alkanes of at least 4 members (excludes halogenated alkanes) is 1. The molecule has 0 saturated carbocycles. The van der Waals surface area contributed by atoms with Gasteiger partial charge in [0.25, 0.3) is 5.91 Å². The average molecular weight is 1440 g/mol. The number of aliphatic hydroxyl groups is 1. The lowest BCUT2D eigenvalue weighted by Gasteiger charge is -2.40. The van der Waals surface area contributed by atoms with E-state index in [0.717, 1.165) is 17.4 Å². The van der Waals surface area contributed by atoms with Crippen LogP contribution < -0.4 is 52.2 Å². The number of urea groups is 1. The number of anilines is 3. The van der Waals surface area contributed by atoms with E-state index in [1.807, 2.05) is 17.9 Å². The zero-order valence-electron chi connectivity index (χ0n) is 53.6. The van der Waals surface area contributed by atoms with Gasteiger partial charge in [0.2, 0.25) is 23.6 Å². The molecule has 8 amide bonds. The van der Waals surface area contributed by atoms with Crippen LogP contribution in [0.3, 0.4) is 0 Å². The first kappa shape index (κ1) is 74.6. The van der Waals surface area contributed by atoms with Gasteiger partial charge in [0, 0.05) is 76.4 Å². The van der Waals surface area contributed by atoms with Crippen molar-refractivity contribution in [2.45, 2.75) is 152 Å². The molecule has 2 aromatic rings. The van der Waals surface area contributed by atoms with Gasteiger partial charge in [-0.1, -0.05) is 81.1 Å². The largest absolute Gasteiger partial charge is 0.495 e. The highest BCUT2D eigenvalue weighted by atomic mass is 79.9. The van der Waals surface area contributed by atoms with E-state index in [-0.39, 0.29) is 66.2 Å². The molecule has 0 spiro atoms. The lowest BCUT2D eigenvalue weighted by molar-refractivity contribution is -0.158. The zero-order chi connectivity index (χ0) is 67.6. The highest BCUT2D eigenvalue weighted by molar-refractivity contribution is 9.09. The molecule has 4 aliphatic heterocycles. The number of alkyl halides is 2. The third-order valence-corrected chi connectivity index (χ3v) is 18.9. The number of alkyl carbamates (subject to hydrolysis) is 1. The van der Waals surface area contributed by atoms with Crippen LogP contribution in [0.4, 0.5) is 26.7 Å². The number of allylic oxidation sites excluding steroid dienone is 3. The summed E-state index contributed by atoms with van der Waals surface area (Å²) >= 11 is 13.6. The van der Waals surface area contributed by atoms with E-state index < -0.39 is 108 Å². The lowest BCUT2D eigenvalue weighted by Crippen LogP contribution is -2.62. The summed E-state index contributed by atoms with van der Waals surface area (Å²) in [5.41, 5.74) is 4.85. The fourth-order valence-corrected chi connectivity index (χ4v) is 13.1. The van der Waals surface area contributed by atoms with Crippen molar-refractivity contribution in [2.24, 2.45) is 17.6 Å². The molecule has 26 nitrogen and oxygen atoms in total. The second kappa shape index (κ2) is 34.7. The lowest BCUT2D eigenvalue weighted by atomic mass is 9.90. The summed E-state index contributed by atoms with van der Waals surface area (Å²) in [6, 6.07) is 3.26. The van der Waals surface area contributed by atoms with Crippen LogP contribution in [-0.2, 0) is 58.9 Å². The molecule has 29 heteroatoms. The topological polar surface area (TPSA) is 340 Å². The van der Waals surface area contributed by atoms with Crippen molar-refractivity contribution in [1.29, 1.82) is 0 Å². The molecular weight excluding hydrogens is 1350 g/mol. The number of fused-ring (bicyclic) bond motifs is 5. The van der Waals surface area contributed by atoms with Gasteiger partial charge in [-0.15, -0.1) is 0 Å². The van der Waals surface area contributed by atoms with E-state index in [1.54, 1.807) is 57.2 Å². The summed E-state index contributed by atoms with van der Waals surface area (Å²) in [6.45, 7) is 10.5. The number of morpholine rings is 1. The van der Waals surface area contributed by atoms with E-state index >= 15 is 0 Å². The van der Waals surface area contributed by atoms with Crippen LogP contribution in [0.15, 0.2) is 54.1 Å². The third-order valence-electron chi connectivity index (χ3n) is 16.9. The molecule has 0 aliphatic carbocycles. The summed E-state index contributed by atoms with van der Waals surface area (Å²) in [5.74, 6) is -3.55. The van der Waals surface area contributed by atoms with Gasteiger partial charge in [-0.2, -0.15) is 0 Å². The minimum absolute atomic E-state index is 0.0235. The molecule has 9 N–H and O–H groups in total. The number of nitrogens with zero attached hydrogens (tertiary/aromatic N) is 3. The number of primary amides is 1. The van der Waals surface area contributed by atoms with Crippen LogP contribution in [0.2, 0.25) is 5.02 Å². The predicted octanol–water partition coefficient (Wildman–Crippen LogP) is 5.16. The molecular formula is C63H89Br2ClN10O16. The average Bonchev–Trinajstić information content (AvgIpc) is 1.58. The summed E-state index contributed by atoms with van der Waals surface area (Å²) in [4.78, 5) is 126. The van der Waals surface area contributed by atoms with Crippen LogP contribution >= 0.6 is 43.5 Å². The Hall–Kier alpha value is -6.40. The van der Waals surface area contributed by atoms with E-state index in [0.29, 0.717) is 86.3 Å². The number of amides is 8. The number of esters is 1. The highest BCUT2D eigenvalue weighted by Crippen LogP contribution is 2.47. The molecule has 10 atom stereocenters. The number of ether oxygens (including phenoxy) is 6. The number of likely N-dealkylation sites (N-methyl/N-ethyl adjacent to an activating group) is 1. The highest BCUT2D eigenvalue weighted by Gasteiger charge is 2.62. The Kier molecular flexibility index (Phi) is 28.1. The number of epoxide rings is 1. The van der Waals surface area contributed by atoms with E-state index in [2.05, 4.69) is 63.8 Å². The molecule has 0 aromatic heterocycles. The van der Waals surface area contributed by atoms with Gasteiger partial charge >= 0.3 is 18.1 Å². The second-order valence-corrected chi connectivity index (χ2v) is 25.8. The monoisotopic (exact) mass is 1430 g/mol. The van der Waals surface area contributed by atoms with Crippen molar-refractivity contribution in [1.82, 2.24) is 31.5 Å².